The van der Waals surface area contributed by atoms with Crippen molar-refractivity contribution >= 4 is 40.4 Å². The largest absolute Gasteiger partial charge is 0.493 e. The lowest BCUT2D eigenvalue weighted by atomic mass is 10.1. The van der Waals surface area contributed by atoms with Crippen LogP contribution in [0.2, 0.25) is 0 Å². The van der Waals surface area contributed by atoms with Crippen LogP contribution in [0.5, 0.6) is 17.2 Å². The minimum Gasteiger partial charge on any atom is -0.493 e. The molecule has 1 fully saturated rings. The van der Waals surface area contributed by atoms with Gasteiger partial charge in [0.2, 0.25) is 5.75 Å². The summed E-state index contributed by atoms with van der Waals surface area (Å²) in [6.07, 6.45) is -3.29. The normalized spacial score (nSPS) is 14.9. The fourth-order valence-electron chi connectivity index (χ4n) is 3.32. The van der Waals surface area contributed by atoms with Crippen molar-refractivity contribution in [3.8, 4) is 17.2 Å². The van der Waals surface area contributed by atoms with Gasteiger partial charge in [-0.05, 0) is 59.8 Å². The number of nitro groups is 1. The van der Waals surface area contributed by atoms with Crippen molar-refractivity contribution in [1.29, 1.82) is 0 Å². The first kappa shape index (κ1) is 24.8. The van der Waals surface area contributed by atoms with E-state index >= 15 is 0 Å². The molecular formula is C24H15F3N2O6S. The summed E-state index contributed by atoms with van der Waals surface area (Å²) >= 11 is 0.760. The Bertz CT molecular complexity index is 1390. The van der Waals surface area contributed by atoms with E-state index in [2.05, 4.69) is 0 Å². The number of amides is 2. The third-order valence-corrected chi connectivity index (χ3v) is 5.87. The van der Waals surface area contributed by atoms with Crippen LogP contribution in [0.3, 0.4) is 0 Å². The molecule has 0 unspecified atom stereocenters. The van der Waals surface area contributed by atoms with Gasteiger partial charge >= 0.3 is 11.9 Å². The highest BCUT2D eigenvalue weighted by atomic mass is 32.2. The predicted octanol–water partition coefficient (Wildman–Crippen LogP) is 6.66. The Morgan fingerprint density at radius 1 is 0.972 bits per heavy atom. The minimum absolute atomic E-state index is 0.00472. The minimum atomic E-state index is -4.76. The number of halogens is 3. The molecular weight excluding hydrogens is 501 g/mol. The Balaban J connectivity index is 1.62. The zero-order valence-corrected chi connectivity index (χ0v) is 19.1. The second-order valence-corrected chi connectivity index (χ2v) is 8.30. The first-order valence-electron chi connectivity index (χ1n) is 10.1. The highest BCUT2D eigenvalue weighted by Gasteiger charge is 2.36. The van der Waals surface area contributed by atoms with E-state index in [0.29, 0.717) is 23.4 Å². The molecule has 0 saturated carbocycles. The molecule has 1 heterocycles. The number of ether oxygens (including phenoxy) is 2. The first-order valence-corrected chi connectivity index (χ1v) is 10.9. The number of carbonyl (C=O) groups excluding carboxylic acids is 2. The van der Waals surface area contributed by atoms with Crippen molar-refractivity contribution in [3.05, 3.63) is 92.9 Å². The van der Waals surface area contributed by atoms with Crippen molar-refractivity contribution in [2.45, 2.75) is 6.18 Å². The highest BCUT2D eigenvalue weighted by molar-refractivity contribution is 8.19. The van der Waals surface area contributed by atoms with Gasteiger partial charge in [0.15, 0.2) is 11.5 Å². The summed E-state index contributed by atoms with van der Waals surface area (Å²) in [6.45, 7) is 0. The fourth-order valence-corrected chi connectivity index (χ4v) is 4.16. The number of nitro benzene ring substituents is 1. The summed E-state index contributed by atoms with van der Waals surface area (Å²) in [5.41, 5.74) is -1.17. The third kappa shape index (κ3) is 5.03. The maximum absolute atomic E-state index is 13.0. The van der Waals surface area contributed by atoms with E-state index in [-0.39, 0.29) is 16.4 Å². The number of hydrogen-bond acceptors (Lipinski definition) is 7. The van der Waals surface area contributed by atoms with Crippen molar-refractivity contribution in [3.63, 3.8) is 0 Å². The molecule has 0 radical (unpaired) electrons. The summed E-state index contributed by atoms with van der Waals surface area (Å²) in [6, 6.07) is 14.7. The molecule has 2 amide bonds. The summed E-state index contributed by atoms with van der Waals surface area (Å²) < 4.78 is 49.6. The van der Waals surface area contributed by atoms with E-state index in [4.69, 9.17) is 9.47 Å². The number of anilines is 1. The number of alkyl halides is 3. The highest BCUT2D eigenvalue weighted by Crippen LogP contribution is 2.41. The fraction of sp³-hybridized carbons (Fsp3) is 0.0833. The third-order valence-electron chi connectivity index (χ3n) is 5.00. The zero-order chi connectivity index (χ0) is 26.0. The second-order valence-electron chi connectivity index (χ2n) is 7.30. The smallest absolute Gasteiger partial charge is 0.416 e. The standard InChI is InChI=1S/C24H15F3N2O6S/c1-34-20-11-14(12-21-22(30)28(23(31)36-21)16-5-3-2-4-6-16)7-9-19(20)35-18-10-8-15(24(25,26)27)13-17(18)29(32)33/h2-13H,1H3/b21-12-. The van der Waals surface area contributed by atoms with Crippen LogP contribution >= 0.6 is 11.8 Å². The average molecular weight is 516 g/mol. The molecule has 0 spiro atoms. The molecule has 3 aromatic carbocycles. The molecule has 1 aliphatic heterocycles. The molecule has 3 aromatic rings. The number of nitrogens with zero attached hydrogens (tertiary/aromatic N) is 2. The number of thioether (sulfide) groups is 1. The first-order chi connectivity index (χ1) is 17.1. The molecule has 1 aliphatic rings. The van der Waals surface area contributed by atoms with Crippen molar-refractivity contribution in [2.24, 2.45) is 0 Å². The number of hydrogen-bond donors (Lipinski definition) is 0. The lowest BCUT2D eigenvalue weighted by Gasteiger charge is -2.13. The lowest BCUT2D eigenvalue weighted by molar-refractivity contribution is -0.385. The van der Waals surface area contributed by atoms with Crippen LogP contribution in [0.1, 0.15) is 11.1 Å². The number of rotatable bonds is 6. The van der Waals surface area contributed by atoms with Gasteiger partial charge in [-0.2, -0.15) is 13.2 Å². The summed E-state index contributed by atoms with van der Waals surface area (Å²) in [4.78, 5) is 36.8. The molecule has 0 N–H and O–H groups in total. The summed E-state index contributed by atoms with van der Waals surface area (Å²) in [5, 5.41) is 10.9. The molecule has 0 bridgehead atoms. The molecule has 0 aromatic heterocycles. The quantitative estimate of drug-likeness (QED) is 0.205. The SMILES string of the molecule is COc1cc(/C=C2\SC(=O)N(c3ccccc3)C2=O)ccc1Oc1ccc(C(F)(F)F)cc1[N+](=O)[O-]. The van der Waals surface area contributed by atoms with Gasteiger partial charge in [0.05, 0.1) is 28.2 Å². The van der Waals surface area contributed by atoms with Crippen molar-refractivity contribution in [2.75, 3.05) is 12.0 Å². The van der Waals surface area contributed by atoms with E-state index in [1.807, 2.05) is 0 Å². The van der Waals surface area contributed by atoms with Gasteiger partial charge in [-0.25, -0.2) is 4.90 Å². The molecule has 0 atom stereocenters. The molecule has 4 rings (SSSR count). The van der Waals surface area contributed by atoms with Crippen LogP contribution in [0.4, 0.5) is 29.3 Å². The van der Waals surface area contributed by atoms with Crippen LogP contribution in [-0.2, 0) is 11.0 Å². The van der Waals surface area contributed by atoms with E-state index < -0.39 is 39.2 Å². The zero-order valence-electron chi connectivity index (χ0n) is 18.3. The molecule has 1 saturated heterocycles. The Morgan fingerprint density at radius 3 is 2.31 bits per heavy atom. The van der Waals surface area contributed by atoms with Crippen molar-refractivity contribution < 1.29 is 37.2 Å². The molecule has 36 heavy (non-hydrogen) atoms. The van der Waals surface area contributed by atoms with E-state index in [0.717, 1.165) is 22.7 Å². The maximum atomic E-state index is 13.0. The maximum Gasteiger partial charge on any atom is 0.416 e. The lowest BCUT2D eigenvalue weighted by Crippen LogP contribution is -2.27. The van der Waals surface area contributed by atoms with E-state index in [1.54, 1.807) is 30.3 Å². The van der Waals surface area contributed by atoms with Gasteiger partial charge in [-0.1, -0.05) is 24.3 Å². The number of benzene rings is 3. The predicted molar refractivity (Wildman–Crippen MR) is 126 cm³/mol. The molecule has 0 aliphatic carbocycles. The topological polar surface area (TPSA) is 99.0 Å². The molecule has 12 heteroatoms. The number of carbonyl (C=O) groups is 2. The number of imide groups is 1. The van der Waals surface area contributed by atoms with Gasteiger partial charge in [-0.15, -0.1) is 0 Å². The Labute approximate surface area is 206 Å². The van der Waals surface area contributed by atoms with Crippen LogP contribution < -0.4 is 14.4 Å². The van der Waals surface area contributed by atoms with Gasteiger partial charge < -0.3 is 9.47 Å². The van der Waals surface area contributed by atoms with E-state index in [9.17, 15) is 32.9 Å². The Hall–Kier alpha value is -4.32. The van der Waals surface area contributed by atoms with Gasteiger partial charge in [0.1, 0.15) is 0 Å². The summed E-state index contributed by atoms with van der Waals surface area (Å²) in [5.74, 6) is -0.825. The second kappa shape index (κ2) is 9.74. The van der Waals surface area contributed by atoms with Crippen LogP contribution in [0.15, 0.2) is 71.6 Å². The number of para-hydroxylation sites is 1. The Morgan fingerprint density at radius 2 is 1.67 bits per heavy atom. The van der Waals surface area contributed by atoms with E-state index in [1.165, 1.54) is 31.4 Å². The average Bonchev–Trinajstić information content (AvgIpc) is 3.12. The van der Waals surface area contributed by atoms with Crippen LogP contribution in [0, 0.1) is 10.1 Å². The van der Waals surface area contributed by atoms with Gasteiger partial charge in [-0.3, -0.25) is 19.7 Å². The van der Waals surface area contributed by atoms with Crippen LogP contribution in [0.25, 0.3) is 6.08 Å². The van der Waals surface area contributed by atoms with Gasteiger partial charge in [0, 0.05) is 6.07 Å². The van der Waals surface area contributed by atoms with Crippen LogP contribution in [-0.4, -0.2) is 23.2 Å². The van der Waals surface area contributed by atoms with Crippen molar-refractivity contribution in [1.82, 2.24) is 0 Å². The summed E-state index contributed by atoms with van der Waals surface area (Å²) in [7, 11) is 1.30. The van der Waals surface area contributed by atoms with Gasteiger partial charge in [0.25, 0.3) is 11.1 Å². The molecule has 184 valence electrons. The number of methoxy groups -OCH3 is 1. The monoisotopic (exact) mass is 516 g/mol. The molecule has 8 nitrogen and oxygen atoms in total. The Kier molecular flexibility index (Phi) is 6.71.